The first-order valence-electron chi connectivity index (χ1n) is 11.2. The molecule has 0 spiro atoms. The third-order valence-corrected chi connectivity index (χ3v) is 6.12. The second kappa shape index (κ2) is 9.90. The maximum atomic E-state index is 13.0. The number of piperazine rings is 1. The molecule has 2 amide bonds. The van der Waals surface area contributed by atoms with Crippen LogP contribution in [0.5, 0.6) is 0 Å². The zero-order chi connectivity index (χ0) is 25.2. The average Bonchev–Trinajstić information content (AvgIpc) is 3.24. The number of carbonyl (C=O) groups is 2. The van der Waals surface area contributed by atoms with Gasteiger partial charge in [-0.1, -0.05) is 12.1 Å². The number of anilines is 3. The topological polar surface area (TPSA) is 99.0 Å². The zero-order valence-corrected chi connectivity index (χ0v) is 18.8. The molecule has 2 fully saturated rings. The van der Waals surface area contributed by atoms with Crippen molar-refractivity contribution >= 4 is 34.6 Å². The lowest BCUT2D eigenvalue weighted by atomic mass is 10.1. The van der Waals surface area contributed by atoms with Crippen LogP contribution in [0.2, 0.25) is 0 Å². The molecule has 35 heavy (non-hydrogen) atoms. The molecule has 0 atom stereocenters. The van der Waals surface area contributed by atoms with E-state index in [1.54, 1.807) is 34.1 Å². The smallest absolute Gasteiger partial charge is 0.363 e. The minimum absolute atomic E-state index is 0.0141. The standard InChI is InChI=1S/C23H24F3N5O4/c24-23(25,26)16-7-8-19(20(14-16)31(34)35)29-12-10-28(11-13-29)15-21(32)27-17-4-1-2-5-18(17)30-9-3-6-22(30)33/h1-2,4-5,7-8,14H,3,6,9-13,15H2,(H,27,32). The van der Waals surface area contributed by atoms with Gasteiger partial charge in [0.15, 0.2) is 0 Å². The number of para-hydroxylation sites is 2. The molecule has 0 saturated carbocycles. The number of carbonyl (C=O) groups excluding carboxylic acids is 2. The van der Waals surface area contributed by atoms with Gasteiger partial charge in [0.05, 0.1) is 28.4 Å². The fourth-order valence-electron chi connectivity index (χ4n) is 4.37. The Bertz CT molecular complexity index is 1130. The highest BCUT2D eigenvalue weighted by molar-refractivity contribution is 6.02. The second-order valence-corrected chi connectivity index (χ2v) is 8.44. The lowest BCUT2D eigenvalue weighted by Crippen LogP contribution is -2.48. The van der Waals surface area contributed by atoms with Crippen LogP contribution < -0.4 is 15.1 Å². The molecule has 2 aliphatic rings. The van der Waals surface area contributed by atoms with Crippen LogP contribution in [-0.2, 0) is 15.8 Å². The summed E-state index contributed by atoms with van der Waals surface area (Å²) in [4.78, 5) is 40.6. The Balaban J connectivity index is 1.37. The van der Waals surface area contributed by atoms with Crippen molar-refractivity contribution in [2.24, 2.45) is 0 Å². The Morgan fingerprint density at radius 2 is 1.74 bits per heavy atom. The van der Waals surface area contributed by atoms with E-state index in [2.05, 4.69) is 5.32 Å². The number of alkyl halides is 3. The van der Waals surface area contributed by atoms with Gasteiger partial charge in [0.25, 0.3) is 5.69 Å². The largest absolute Gasteiger partial charge is 0.416 e. The van der Waals surface area contributed by atoms with E-state index >= 15 is 0 Å². The summed E-state index contributed by atoms with van der Waals surface area (Å²) in [7, 11) is 0. The molecule has 2 saturated heterocycles. The van der Waals surface area contributed by atoms with Gasteiger partial charge in [0.1, 0.15) is 5.69 Å². The monoisotopic (exact) mass is 491 g/mol. The molecule has 2 aliphatic heterocycles. The third-order valence-electron chi connectivity index (χ3n) is 6.12. The van der Waals surface area contributed by atoms with Crippen LogP contribution in [0.3, 0.4) is 0 Å². The van der Waals surface area contributed by atoms with E-state index < -0.39 is 22.4 Å². The molecule has 4 rings (SSSR count). The van der Waals surface area contributed by atoms with E-state index in [-0.39, 0.29) is 24.0 Å². The summed E-state index contributed by atoms with van der Waals surface area (Å²) in [5.74, 6) is -0.252. The highest BCUT2D eigenvalue weighted by atomic mass is 19.4. The Hall–Kier alpha value is -3.67. The normalized spacial score (nSPS) is 17.1. The van der Waals surface area contributed by atoms with E-state index in [1.165, 1.54) is 0 Å². The molecule has 0 aromatic heterocycles. The summed E-state index contributed by atoms with van der Waals surface area (Å²) < 4.78 is 38.9. The molecular formula is C23H24F3N5O4. The molecule has 0 radical (unpaired) electrons. The third kappa shape index (κ3) is 5.53. The van der Waals surface area contributed by atoms with Gasteiger partial charge in [0.2, 0.25) is 11.8 Å². The summed E-state index contributed by atoms with van der Waals surface area (Å²) in [5.41, 5.74) is -0.343. The number of benzene rings is 2. The summed E-state index contributed by atoms with van der Waals surface area (Å²) in [6, 6.07) is 9.61. The van der Waals surface area contributed by atoms with Crippen molar-refractivity contribution in [1.82, 2.24) is 4.90 Å². The van der Waals surface area contributed by atoms with Crippen molar-refractivity contribution in [1.29, 1.82) is 0 Å². The molecule has 0 unspecified atom stereocenters. The van der Waals surface area contributed by atoms with Gasteiger partial charge in [-0.3, -0.25) is 24.6 Å². The number of nitrogens with zero attached hydrogens (tertiary/aromatic N) is 4. The van der Waals surface area contributed by atoms with Crippen LogP contribution in [0.25, 0.3) is 0 Å². The molecule has 1 N–H and O–H groups in total. The molecule has 2 heterocycles. The number of hydrogen-bond donors (Lipinski definition) is 1. The number of nitrogens with one attached hydrogen (secondary N) is 1. The number of rotatable bonds is 6. The SMILES string of the molecule is O=C(CN1CCN(c2ccc(C(F)(F)F)cc2[N+](=O)[O-])CC1)Nc1ccccc1N1CCCC1=O. The quantitative estimate of drug-likeness (QED) is 0.491. The summed E-state index contributed by atoms with van der Waals surface area (Å²) in [6.07, 6.45) is -3.43. The number of amides is 2. The van der Waals surface area contributed by atoms with Gasteiger partial charge in [-0.15, -0.1) is 0 Å². The Labute approximate surface area is 199 Å². The molecule has 2 aromatic carbocycles. The van der Waals surface area contributed by atoms with Crippen molar-refractivity contribution in [2.45, 2.75) is 19.0 Å². The van der Waals surface area contributed by atoms with E-state index in [4.69, 9.17) is 0 Å². The van der Waals surface area contributed by atoms with Gasteiger partial charge in [-0.25, -0.2) is 0 Å². The lowest BCUT2D eigenvalue weighted by Gasteiger charge is -2.35. The highest BCUT2D eigenvalue weighted by Crippen LogP contribution is 2.37. The summed E-state index contributed by atoms with van der Waals surface area (Å²) in [6.45, 7) is 2.11. The molecule has 0 bridgehead atoms. The molecule has 12 heteroatoms. The number of nitro benzene ring substituents is 1. The minimum Gasteiger partial charge on any atom is -0.363 e. The maximum absolute atomic E-state index is 13.0. The van der Waals surface area contributed by atoms with Crippen molar-refractivity contribution in [2.75, 3.05) is 54.4 Å². The molecule has 0 aliphatic carbocycles. The van der Waals surface area contributed by atoms with Crippen molar-refractivity contribution in [3.8, 4) is 0 Å². The van der Waals surface area contributed by atoms with E-state index in [9.17, 15) is 32.9 Å². The first kappa shape index (κ1) is 24.5. The van der Waals surface area contributed by atoms with Gasteiger partial charge >= 0.3 is 6.18 Å². The summed E-state index contributed by atoms with van der Waals surface area (Å²) >= 11 is 0. The predicted octanol–water partition coefficient (Wildman–Crippen LogP) is 3.50. The molecule has 9 nitrogen and oxygen atoms in total. The van der Waals surface area contributed by atoms with Gasteiger partial charge in [-0.2, -0.15) is 13.2 Å². The second-order valence-electron chi connectivity index (χ2n) is 8.44. The number of hydrogen-bond acceptors (Lipinski definition) is 6. The minimum atomic E-state index is -4.67. The number of nitro groups is 1. The molecule has 2 aromatic rings. The highest BCUT2D eigenvalue weighted by Gasteiger charge is 2.34. The van der Waals surface area contributed by atoms with Crippen LogP contribution in [-0.4, -0.2) is 60.9 Å². The van der Waals surface area contributed by atoms with Crippen LogP contribution >= 0.6 is 0 Å². The average molecular weight is 491 g/mol. The fourth-order valence-corrected chi connectivity index (χ4v) is 4.37. The first-order chi connectivity index (χ1) is 16.6. The molecule has 186 valence electrons. The Morgan fingerprint density at radius 3 is 2.37 bits per heavy atom. The Kier molecular flexibility index (Phi) is 6.92. The zero-order valence-electron chi connectivity index (χ0n) is 18.8. The van der Waals surface area contributed by atoms with Crippen molar-refractivity contribution in [3.05, 3.63) is 58.1 Å². The van der Waals surface area contributed by atoms with Crippen molar-refractivity contribution < 1.29 is 27.7 Å². The summed E-state index contributed by atoms with van der Waals surface area (Å²) in [5, 5.41) is 14.3. The van der Waals surface area contributed by atoms with Crippen LogP contribution in [0.1, 0.15) is 18.4 Å². The predicted molar refractivity (Wildman–Crippen MR) is 123 cm³/mol. The Morgan fingerprint density at radius 1 is 1.03 bits per heavy atom. The first-order valence-corrected chi connectivity index (χ1v) is 11.2. The van der Waals surface area contributed by atoms with E-state index in [0.29, 0.717) is 56.6 Å². The van der Waals surface area contributed by atoms with Gasteiger partial charge in [0, 0.05) is 45.2 Å². The van der Waals surface area contributed by atoms with E-state index in [1.807, 2.05) is 4.90 Å². The van der Waals surface area contributed by atoms with Crippen LogP contribution in [0.4, 0.5) is 35.9 Å². The fraction of sp³-hybridized carbons (Fsp3) is 0.391. The van der Waals surface area contributed by atoms with Crippen molar-refractivity contribution in [3.63, 3.8) is 0 Å². The van der Waals surface area contributed by atoms with Gasteiger partial charge < -0.3 is 15.1 Å². The van der Waals surface area contributed by atoms with E-state index in [0.717, 1.165) is 18.6 Å². The van der Waals surface area contributed by atoms with Crippen LogP contribution in [0, 0.1) is 10.1 Å². The van der Waals surface area contributed by atoms with Crippen LogP contribution in [0.15, 0.2) is 42.5 Å². The maximum Gasteiger partial charge on any atom is 0.416 e. The number of halogens is 3. The lowest BCUT2D eigenvalue weighted by molar-refractivity contribution is -0.384. The van der Waals surface area contributed by atoms with Gasteiger partial charge in [-0.05, 0) is 30.7 Å². The molecular weight excluding hydrogens is 467 g/mol.